The van der Waals surface area contributed by atoms with Crippen LogP contribution >= 0.6 is 0 Å². The van der Waals surface area contributed by atoms with Crippen LogP contribution in [-0.2, 0) is 11.2 Å². The molecule has 3 nitrogen and oxygen atoms in total. The van der Waals surface area contributed by atoms with E-state index < -0.39 is 0 Å². The quantitative estimate of drug-likeness (QED) is 0.777. The van der Waals surface area contributed by atoms with Crippen LogP contribution in [-0.4, -0.2) is 11.9 Å². The predicted molar refractivity (Wildman–Crippen MR) is 64.1 cm³/mol. The van der Waals surface area contributed by atoms with Crippen molar-refractivity contribution in [1.82, 2.24) is 5.32 Å². The Bertz CT molecular complexity index is 348. The molecule has 0 saturated carbocycles. The van der Waals surface area contributed by atoms with E-state index in [0.29, 0.717) is 0 Å². The Hall–Kier alpha value is -1.51. The van der Waals surface area contributed by atoms with E-state index in [0.717, 1.165) is 24.2 Å². The first-order chi connectivity index (χ1) is 7.58. The van der Waals surface area contributed by atoms with E-state index in [1.807, 2.05) is 32.9 Å². The summed E-state index contributed by atoms with van der Waals surface area (Å²) in [5.74, 6) is 0.940. The normalized spacial score (nSPS) is 11.9. The van der Waals surface area contributed by atoms with Crippen molar-refractivity contribution in [3.05, 3.63) is 35.8 Å². The first kappa shape index (κ1) is 12.6. The van der Waals surface area contributed by atoms with Crippen LogP contribution in [0.1, 0.15) is 33.0 Å². The number of rotatable bonds is 5. The van der Waals surface area contributed by atoms with Crippen LogP contribution in [0.15, 0.2) is 34.5 Å². The van der Waals surface area contributed by atoms with Crippen LogP contribution in [0.25, 0.3) is 0 Å². The zero-order chi connectivity index (χ0) is 12.0. The van der Waals surface area contributed by atoms with Crippen molar-refractivity contribution in [3.63, 3.8) is 0 Å². The smallest absolute Gasteiger partial charge is 0.244 e. The third-order valence-corrected chi connectivity index (χ3v) is 2.21. The van der Waals surface area contributed by atoms with Gasteiger partial charge in [-0.15, -0.1) is 0 Å². The second-order valence-corrected chi connectivity index (χ2v) is 4.25. The highest BCUT2D eigenvalue weighted by atomic mass is 16.3. The topological polar surface area (TPSA) is 42.2 Å². The number of amides is 1. The molecule has 1 aromatic heterocycles. The first-order valence-corrected chi connectivity index (χ1v) is 5.55. The first-order valence-electron chi connectivity index (χ1n) is 5.55. The summed E-state index contributed by atoms with van der Waals surface area (Å²) in [5, 5.41) is 2.92. The summed E-state index contributed by atoms with van der Waals surface area (Å²) in [6, 6.07) is 3.99. The van der Waals surface area contributed by atoms with Crippen LogP contribution in [0.5, 0.6) is 0 Å². The van der Waals surface area contributed by atoms with E-state index in [1.54, 1.807) is 12.3 Å². The van der Waals surface area contributed by atoms with E-state index in [-0.39, 0.29) is 11.9 Å². The van der Waals surface area contributed by atoms with Crippen LogP contribution in [0.3, 0.4) is 0 Å². The lowest BCUT2D eigenvalue weighted by molar-refractivity contribution is -0.117. The molecule has 1 N–H and O–H groups in total. The van der Waals surface area contributed by atoms with Gasteiger partial charge in [0, 0.05) is 18.5 Å². The lowest BCUT2D eigenvalue weighted by Gasteiger charge is -2.11. The molecule has 1 rings (SSSR count). The summed E-state index contributed by atoms with van der Waals surface area (Å²) >= 11 is 0. The zero-order valence-corrected chi connectivity index (χ0v) is 10.1. The fourth-order valence-electron chi connectivity index (χ4n) is 1.43. The standard InChI is InChI=1S/C13H19NO2/c1-10(2)9-13(15)14-11(3)6-7-12-5-4-8-16-12/h4-5,8-9,11H,6-7H2,1-3H3,(H,14,15)/t11-/m0/s1. The average Bonchev–Trinajstić information content (AvgIpc) is 2.65. The highest BCUT2D eigenvalue weighted by Crippen LogP contribution is 2.05. The number of aryl methyl sites for hydroxylation is 1. The lowest BCUT2D eigenvalue weighted by atomic mass is 10.1. The number of hydrogen-bond acceptors (Lipinski definition) is 2. The van der Waals surface area contributed by atoms with E-state index in [1.165, 1.54) is 0 Å². The molecule has 0 fully saturated rings. The van der Waals surface area contributed by atoms with Gasteiger partial charge in [0.05, 0.1) is 6.26 Å². The van der Waals surface area contributed by atoms with Gasteiger partial charge in [-0.2, -0.15) is 0 Å². The molecule has 0 spiro atoms. The summed E-state index contributed by atoms with van der Waals surface area (Å²) in [6.45, 7) is 5.82. The number of furan rings is 1. The maximum atomic E-state index is 11.4. The molecule has 1 atom stereocenters. The van der Waals surface area contributed by atoms with Crippen molar-refractivity contribution < 1.29 is 9.21 Å². The molecule has 0 aromatic carbocycles. The van der Waals surface area contributed by atoms with Crippen LogP contribution in [0.4, 0.5) is 0 Å². The number of nitrogens with one attached hydrogen (secondary N) is 1. The monoisotopic (exact) mass is 221 g/mol. The van der Waals surface area contributed by atoms with Gasteiger partial charge in [0.15, 0.2) is 0 Å². The molecule has 0 unspecified atom stereocenters. The minimum absolute atomic E-state index is 0.0213. The molecule has 1 heterocycles. The van der Waals surface area contributed by atoms with Crippen molar-refractivity contribution in [2.24, 2.45) is 0 Å². The van der Waals surface area contributed by atoms with Gasteiger partial charge < -0.3 is 9.73 Å². The van der Waals surface area contributed by atoms with Gasteiger partial charge in [-0.1, -0.05) is 5.57 Å². The highest BCUT2D eigenvalue weighted by Gasteiger charge is 2.06. The van der Waals surface area contributed by atoms with E-state index in [2.05, 4.69) is 5.32 Å². The third-order valence-electron chi connectivity index (χ3n) is 2.21. The van der Waals surface area contributed by atoms with Gasteiger partial charge in [0.25, 0.3) is 0 Å². The molecular weight excluding hydrogens is 202 g/mol. The number of carbonyl (C=O) groups is 1. The fraction of sp³-hybridized carbons (Fsp3) is 0.462. The SMILES string of the molecule is CC(C)=CC(=O)N[C@@H](C)CCc1ccco1. The molecule has 88 valence electrons. The van der Waals surface area contributed by atoms with E-state index >= 15 is 0 Å². The number of hydrogen-bond donors (Lipinski definition) is 1. The van der Waals surface area contributed by atoms with Gasteiger partial charge in [-0.05, 0) is 39.3 Å². The maximum absolute atomic E-state index is 11.4. The molecule has 0 aliphatic carbocycles. The average molecular weight is 221 g/mol. The van der Waals surface area contributed by atoms with Crippen molar-refractivity contribution in [2.45, 2.75) is 39.7 Å². The summed E-state index contributed by atoms with van der Waals surface area (Å²) in [7, 11) is 0. The summed E-state index contributed by atoms with van der Waals surface area (Å²) in [5.41, 5.74) is 1.01. The second kappa shape index (κ2) is 6.16. The molecule has 1 aromatic rings. The Morgan fingerprint density at radius 2 is 2.31 bits per heavy atom. The second-order valence-electron chi connectivity index (χ2n) is 4.25. The minimum atomic E-state index is -0.0213. The minimum Gasteiger partial charge on any atom is -0.469 e. The molecule has 0 aliphatic heterocycles. The Kier molecular flexibility index (Phi) is 4.83. The van der Waals surface area contributed by atoms with Crippen LogP contribution in [0, 0.1) is 0 Å². The van der Waals surface area contributed by atoms with Crippen molar-refractivity contribution in [1.29, 1.82) is 0 Å². The highest BCUT2D eigenvalue weighted by molar-refractivity contribution is 5.88. The van der Waals surface area contributed by atoms with Gasteiger partial charge in [0.2, 0.25) is 5.91 Å². The molecule has 0 aliphatic rings. The van der Waals surface area contributed by atoms with E-state index in [9.17, 15) is 4.79 Å². The molecule has 16 heavy (non-hydrogen) atoms. The van der Waals surface area contributed by atoms with Gasteiger partial charge in [-0.3, -0.25) is 4.79 Å². The summed E-state index contributed by atoms with van der Waals surface area (Å²) in [6.07, 6.45) is 5.02. The molecule has 0 radical (unpaired) electrons. The fourth-order valence-corrected chi connectivity index (χ4v) is 1.43. The van der Waals surface area contributed by atoms with Gasteiger partial charge in [-0.25, -0.2) is 0 Å². The Balaban J connectivity index is 2.28. The lowest BCUT2D eigenvalue weighted by Crippen LogP contribution is -2.31. The van der Waals surface area contributed by atoms with Crippen molar-refractivity contribution in [3.8, 4) is 0 Å². The summed E-state index contributed by atoms with van der Waals surface area (Å²) in [4.78, 5) is 11.4. The molecule has 0 bridgehead atoms. The molecular formula is C13H19NO2. The van der Waals surface area contributed by atoms with Gasteiger partial charge >= 0.3 is 0 Å². The predicted octanol–water partition coefficient (Wildman–Crippen LogP) is 2.68. The third kappa shape index (κ3) is 4.82. The largest absolute Gasteiger partial charge is 0.469 e. The van der Waals surface area contributed by atoms with Crippen molar-refractivity contribution >= 4 is 5.91 Å². The molecule has 3 heteroatoms. The summed E-state index contributed by atoms with van der Waals surface area (Å²) < 4.78 is 5.23. The van der Waals surface area contributed by atoms with Crippen LogP contribution < -0.4 is 5.32 Å². The molecule has 1 amide bonds. The van der Waals surface area contributed by atoms with Gasteiger partial charge in [0.1, 0.15) is 5.76 Å². The van der Waals surface area contributed by atoms with Crippen molar-refractivity contribution in [2.75, 3.05) is 0 Å². The van der Waals surface area contributed by atoms with E-state index in [4.69, 9.17) is 4.42 Å². The van der Waals surface area contributed by atoms with Crippen LogP contribution in [0.2, 0.25) is 0 Å². The Morgan fingerprint density at radius 3 is 2.88 bits per heavy atom. The maximum Gasteiger partial charge on any atom is 0.244 e. The Morgan fingerprint density at radius 1 is 1.56 bits per heavy atom. The number of allylic oxidation sites excluding steroid dienone is 1. The Labute approximate surface area is 96.5 Å². The number of carbonyl (C=O) groups excluding carboxylic acids is 1. The molecule has 0 saturated heterocycles. The zero-order valence-electron chi connectivity index (χ0n) is 10.1.